The molecular formula is C31H34ClN7O2. The molecule has 9 nitrogen and oxygen atoms in total. The van der Waals surface area contributed by atoms with E-state index in [0.717, 1.165) is 65.2 Å². The van der Waals surface area contributed by atoms with Crippen LogP contribution in [0, 0.1) is 6.92 Å². The number of nitrogens with one attached hydrogen (secondary N) is 2. The zero-order chi connectivity index (χ0) is 28.7. The van der Waals surface area contributed by atoms with Crippen LogP contribution in [-0.4, -0.2) is 65.2 Å². The number of hydrogen-bond donors (Lipinski definition) is 2. The van der Waals surface area contributed by atoms with Crippen LogP contribution in [0.5, 0.6) is 5.75 Å². The van der Waals surface area contributed by atoms with Gasteiger partial charge in [-0.15, -0.1) is 0 Å². The van der Waals surface area contributed by atoms with Gasteiger partial charge in [-0.05, 0) is 63.2 Å². The third kappa shape index (κ3) is 5.23. The number of amides is 1. The lowest BCUT2D eigenvalue weighted by Crippen LogP contribution is -2.37. The van der Waals surface area contributed by atoms with Crippen LogP contribution < -0.4 is 20.3 Å². The van der Waals surface area contributed by atoms with E-state index in [2.05, 4.69) is 69.0 Å². The number of carbonyl (C=O) groups excluding carboxylic acids is 1. The molecule has 0 saturated carbocycles. The highest BCUT2D eigenvalue weighted by atomic mass is 35.5. The quantitative estimate of drug-likeness (QED) is 0.256. The number of benzene rings is 2. The molecule has 4 aromatic rings. The predicted octanol–water partition coefficient (Wildman–Crippen LogP) is 5.85. The van der Waals surface area contributed by atoms with E-state index >= 15 is 0 Å². The second-order valence-corrected chi connectivity index (χ2v) is 11.2. The summed E-state index contributed by atoms with van der Waals surface area (Å²) < 4.78 is 8.05. The summed E-state index contributed by atoms with van der Waals surface area (Å²) in [6.07, 6.45) is 7.34. The van der Waals surface area contributed by atoms with Gasteiger partial charge >= 0.3 is 0 Å². The van der Waals surface area contributed by atoms with Crippen molar-refractivity contribution >= 4 is 51.4 Å². The van der Waals surface area contributed by atoms with Gasteiger partial charge in [-0.2, -0.15) is 0 Å². The summed E-state index contributed by atoms with van der Waals surface area (Å²) in [5.74, 6) is 0.998. The number of aryl methyl sites for hydroxylation is 1. The van der Waals surface area contributed by atoms with Crippen LogP contribution in [0.4, 0.5) is 23.0 Å². The van der Waals surface area contributed by atoms with Crippen molar-refractivity contribution in [2.45, 2.75) is 32.4 Å². The molecule has 1 atom stereocenters. The number of nitrogens with zero attached hydrogens (tertiary/aromatic N) is 5. The number of likely N-dealkylation sites (N-methyl/N-ethyl adjacent to an activating group) is 2. The largest absolute Gasteiger partial charge is 0.490 e. The van der Waals surface area contributed by atoms with Crippen LogP contribution in [0.1, 0.15) is 18.4 Å². The maximum atomic E-state index is 12.4. The Morgan fingerprint density at radius 1 is 1.29 bits per heavy atom. The first kappa shape index (κ1) is 27.1. The van der Waals surface area contributed by atoms with Gasteiger partial charge in [0.1, 0.15) is 12.4 Å². The Kier molecular flexibility index (Phi) is 7.32. The highest BCUT2D eigenvalue weighted by Crippen LogP contribution is 2.40. The van der Waals surface area contributed by atoms with Crippen molar-refractivity contribution < 1.29 is 9.53 Å². The van der Waals surface area contributed by atoms with Gasteiger partial charge in [0, 0.05) is 42.5 Å². The Labute approximate surface area is 244 Å². The monoisotopic (exact) mass is 571 g/mol. The Hall–Kier alpha value is -4.08. The predicted molar refractivity (Wildman–Crippen MR) is 166 cm³/mol. The van der Waals surface area contributed by atoms with E-state index in [1.165, 1.54) is 12.5 Å². The Morgan fingerprint density at radius 2 is 2.15 bits per heavy atom. The molecule has 6 rings (SSSR count). The summed E-state index contributed by atoms with van der Waals surface area (Å²) in [4.78, 5) is 26.3. The highest BCUT2D eigenvalue weighted by molar-refractivity contribution is 6.33. The molecule has 2 aromatic heterocycles. The van der Waals surface area contributed by atoms with Crippen LogP contribution in [0.2, 0.25) is 5.02 Å². The fourth-order valence-corrected chi connectivity index (χ4v) is 6.04. The molecule has 2 aliphatic rings. The molecule has 2 aliphatic heterocycles. The molecule has 41 heavy (non-hydrogen) atoms. The Morgan fingerprint density at radius 3 is 2.93 bits per heavy atom. The SMILES string of the molecule is C=CC(=O)Nc1cc(Nc2ncc(Cl)c(-c3cn4c5c(cccc35)OCC4)n2)c(C)cc1N(C)CC1CCCN1C. The van der Waals surface area contributed by atoms with Gasteiger partial charge in [-0.1, -0.05) is 30.3 Å². The highest BCUT2D eigenvalue weighted by Gasteiger charge is 2.24. The smallest absolute Gasteiger partial charge is 0.247 e. The Balaban J connectivity index is 1.34. The fourth-order valence-electron chi connectivity index (χ4n) is 5.85. The third-order valence-electron chi connectivity index (χ3n) is 8.05. The molecule has 2 aromatic carbocycles. The summed E-state index contributed by atoms with van der Waals surface area (Å²) in [5, 5.41) is 7.84. The maximum absolute atomic E-state index is 12.4. The molecule has 0 aliphatic carbocycles. The summed E-state index contributed by atoms with van der Waals surface area (Å²) in [5.41, 5.74) is 6.01. The maximum Gasteiger partial charge on any atom is 0.247 e. The number of ether oxygens (including phenoxy) is 1. The lowest BCUT2D eigenvalue weighted by Gasteiger charge is -2.29. The topological polar surface area (TPSA) is 87.5 Å². The van der Waals surface area contributed by atoms with Gasteiger partial charge < -0.3 is 29.7 Å². The number of aromatic nitrogens is 3. The number of carbonyl (C=O) groups is 1. The normalized spacial score (nSPS) is 16.4. The Bertz CT molecular complexity index is 1650. The lowest BCUT2D eigenvalue weighted by molar-refractivity contribution is -0.111. The average molecular weight is 572 g/mol. The van der Waals surface area contributed by atoms with Crippen molar-refractivity contribution in [3.63, 3.8) is 0 Å². The number of likely N-dealkylation sites (tertiary alicyclic amines) is 1. The van der Waals surface area contributed by atoms with Crippen LogP contribution in [0.3, 0.4) is 0 Å². The van der Waals surface area contributed by atoms with Crippen molar-refractivity contribution in [3.8, 4) is 17.0 Å². The summed E-state index contributed by atoms with van der Waals surface area (Å²) in [6.45, 7) is 9.02. The van der Waals surface area contributed by atoms with E-state index in [1.807, 2.05) is 25.1 Å². The van der Waals surface area contributed by atoms with Crippen LogP contribution in [-0.2, 0) is 11.3 Å². The van der Waals surface area contributed by atoms with Gasteiger partial charge in [0.15, 0.2) is 0 Å². The molecular weight excluding hydrogens is 538 g/mol. The summed E-state index contributed by atoms with van der Waals surface area (Å²) in [6, 6.07) is 10.5. The number of rotatable bonds is 8. The van der Waals surface area contributed by atoms with Gasteiger partial charge in [-0.25, -0.2) is 9.97 Å². The zero-order valence-electron chi connectivity index (χ0n) is 23.6. The first-order valence-electron chi connectivity index (χ1n) is 13.9. The van der Waals surface area contributed by atoms with E-state index in [0.29, 0.717) is 35.0 Å². The molecule has 1 unspecified atom stereocenters. The fraction of sp³-hybridized carbons (Fsp3) is 0.323. The van der Waals surface area contributed by atoms with E-state index < -0.39 is 0 Å². The molecule has 1 saturated heterocycles. The van der Waals surface area contributed by atoms with Gasteiger partial charge in [0.05, 0.1) is 40.3 Å². The number of anilines is 4. The number of para-hydroxylation sites is 1. The third-order valence-corrected chi connectivity index (χ3v) is 8.33. The molecule has 0 radical (unpaired) electrons. The standard InChI is InChI=1S/C31H34ClN7O2/c1-5-28(40)34-25-15-24(19(2)14-26(25)38(4)17-20-8-7-11-37(20)3)35-31-33-16-23(32)29(36-31)22-18-39-12-13-41-27-10-6-9-21(22)30(27)39/h5-6,9-10,14-16,18,20H,1,7-8,11-13,17H2,2-4H3,(H,34,40)(H,33,35,36). The average Bonchev–Trinajstić information content (AvgIpc) is 3.55. The minimum Gasteiger partial charge on any atom is -0.490 e. The van der Waals surface area contributed by atoms with Gasteiger partial charge in [-0.3, -0.25) is 4.79 Å². The molecule has 0 spiro atoms. The van der Waals surface area contributed by atoms with Crippen molar-refractivity contribution in [2.75, 3.05) is 49.3 Å². The van der Waals surface area contributed by atoms with E-state index in [1.54, 1.807) is 6.20 Å². The van der Waals surface area contributed by atoms with Gasteiger partial charge in [0.2, 0.25) is 11.9 Å². The molecule has 2 N–H and O–H groups in total. The number of halogens is 1. The summed E-state index contributed by atoms with van der Waals surface area (Å²) in [7, 11) is 4.23. The van der Waals surface area contributed by atoms with E-state index in [4.69, 9.17) is 21.3 Å². The van der Waals surface area contributed by atoms with Crippen LogP contribution in [0.25, 0.3) is 22.2 Å². The minimum absolute atomic E-state index is 0.269. The molecule has 212 valence electrons. The minimum atomic E-state index is -0.269. The molecule has 10 heteroatoms. The first-order chi connectivity index (χ1) is 19.8. The van der Waals surface area contributed by atoms with Crippen molar-refractivity contribution in [1.82, 2.24) is 19.4 Å². The molecule has 4 heterocycles. The molecule has 1 amide bonds. The van der Waals surface area contributed by atoms with E-state index in [9.17, 15) is 4.79 Å². The van der Waals surface area contributed by atoms with Crippen LogP contribution >= 0.6 is 11.6 Å². The zero-order valence-corrected chi connectivity index (χ0v) is 24.3. The van der Waals surface area contributed by atoms with Crippen molar-refractivity contribution in [2.24, 2.45) is 0 Å². The lowest BCUT2D eigenvalue weighted by atomic mass is 10.1. The van der Waals surface area contributed by atoms with E-state index in [-0.39, 0.29) is 5.91 Å². The first-order valence-corrected chi connectivity index (χ1v) is 14.2. The summed E-state index contributed by atoms with van der Waals surface area (Å²) >= 11 is 6.65. The molecule has 0 bridgehead atoms. The second-order valence-electron chi connectivity index (χ2n) is 10.8. The molecule has 1 fully saturated rings. The van der Waals surface area contributed by atoms with Crippen molar-refractivity contribution in [3.05, 3.63) is 66.0 Å². The van der Waals surface area contributed by atoms with Gasteiger partial charge in [0.25, 0.3) is 0 Å². The number of hydrogen-bond acceptors (Lipinski definition) is 7. The van der Waals surface area contributed by atoms with Crippen molar-refractivity contribution in [1.29, 1.82) is 0 Å². The van der Waals surface area contributed by atoms with Crippen LogP contribution in [0.15, 0.2) is 55.4 Å². The second kappa shape index (κ2) is 11.1.